The Balaban J connectivity index is 1.96. The lowest BCUT2D eigenvalue weighted by atomic mass is 9.91. The monoisotopic (exact) mass is 224 g/mol. The standard InChI is InChI=1S/C13H24N2O/c1-3-11-10-15(9-8-14(11)2)12-6-4-5-7-13(12)16/h11-12H,3-10H2,1-2H3. The lowest BCUT2D eigenvalue weighted by Crippen LogP contribution is -2.56. The molecule has 2 fully saturated rings. The molecule has 1 aliphatic heterocycles. The number of ketones is 1. The molecule has 3 nitrogen and oxygen atoms in total. The maximum absolute atomic E-state index is 11.9. The summed E-state index contributed by atoms with van der Waals surface area (Å²) in [6.45, 7) is 5.52. The Bertz CT molecular complexity index is 254. The van der Waals surface area contributed by atoms with E-state index in [0.717, 1.165) is 38.9 Å². The molecule has 92 valence electrons. The van der Waals surface area contributed by atoms with Crippen LogP contribution in [-0.4, -0.2) is 54.3 Å². The number of Topliss-reactive ketones (excluding diaryl/α,β-unsaturated/α-hetero) is 1. The Morgan fingerprint density at radius 3 is 2.81 bits per heavy atom. The summed E-state index contributed by atoms with van der Waals surface area (Å²) in [7, 11) is 2.20. The molecule has 0 aromatic heterocycles. The molecule has 16 heavy (non-hydrogen) atoms. The highest BCUT2D eigenvalue weighted by Crippen LogP contribution is 2.22. The summed E-state index contributed by atoms with van der Waals surface area (Å²) in [6, 6.07) is 0.889. The van der Waals surface area contributed by atoms with Crippen molar-refractivity contribution in [3.63, 3.8) is 0 Å². The van der Waals surface area contributed by atoms with Crippen molar-refractivity contribution in [3.8, 4) is 0 Å². The molecule has 2 atom stereocenters. The lowest BCUT2D eigenvalue weighted by molar-refractivity contribution is -0.127. The minimum absolute atomic E-state index is 0.247. The highest BCUT2D eigenvalue weighted by atomic mass is 16.1. The van der Waals surface area contributed by atoms with Gasteiger partial charge in [-0.3, -0.25) is 9.69 Å². The number of nitrogens with zero attached hydrogens (tertiary/aromatic N) is 2. The minimum atomic E-state index is 0.247. The fourth-order valence-corrected chi connectivity index (χ4v) is 3.04. The Morgan fingerprint density at radius 2 is 2.12 bits per heavy atom. The van der Waals surface area contributed by atoms with Crippen LogP contribution in [0.4, 0.5) is 0 Å². The number of hydrogen-bond acceptors (Lipinski definition) is 3. The van der Waals surface area contributed by atoms with Gasteiger partial charge in [0.25, 0.3) is 0 Å². The minimum Gasteiger partial charge on any atom is -0.301 e. The molecule has 1 heterocycles. The predicted octanol–water partition coefficient (Wildman–Crippen LogP) is 1.52. The van der Waals surface area contributed by atoms with Crippen LogP contribution < -0.4 is 0 Å². The van der Waals surface area contributed by atoms with Gasteiger partial charge in [0.05, 0.1) is 6.04 Å². The van der Waals surface area contributed by atoms with Crippen molar-refractivity contribution < 1.29 is 4.79 Å². The first-order valence-corrected chi connectivity index (χ1v) is 6.69. The van der Waals surface area contributed by atoms with Crippen molar-refractivity contribution in [1.82, 2.24) is 9.80 Å². The summed E-state index contributed by atoms with van der Waals surface area (Å²) in [4.78, 5) is 16.8. The molecule has 0 aromatic carbocycles. The second-order valence-corrected chi connectivity index (χ2v) is 5.27. The van der Waals surface area contributed by atoms with Gasteiger partial charge in [0.15, 0.2) is 0 Å². The van der Waals surface area contributed by atoms with Crippen LogP contribution in [0.2, 0.25) is 0 Å². The van der Waals surface area contributed by atoms with Gasteiger partial charge in [-0.25, -0.2) is 0 Å². The van der Waals surface area contributed by atoms with Gasteiger partial charge >= 0.3 is 0 Å². The SMILES string of the molecule is CCC1CN(C2CCCCC2=O)CCN1C. The van der Waals surface area contributed by atoms with Gasteiger partial charge in [-0.05, 0) is 26.3 Å². The molecule has 0 spiro atoms. The smallest absolute Gasteiger partial charge is 0.149 e. The van der Waals surface area contributed by atoms with Crippen LogP contribution in [0.3, 0.4) is 0 Å². The fourth-order valence-electron chi connectivity index (χ4n) is 3.04. The van der Waals surface area contributed by atoms with E-state index < -0.39 is 0 Å². The van der Waals surface area contributed by atoms with Crippen LogP contribution in [0.25, 0.3) is 0 Å². The molecule has 2 aliphatic rings. The van der Waals surface area contributed by atoms with E-state index in [1.165, 1.54) is 12.8 Å². The Hall–Kier alpha value is -0.410. The molecular weight excluding hydrogens is 200 g/mol. The van der Waals surface area contributed by atoms with Crippen molar-refractivity contribution >= 4 is 5.78 Å². The Kier molecular flexibility index (Phi) is 3.98. The van der Waals surface area contributed by atoms with E-state index in [4.69, 9.17) is 0 Å². The molecule has 0 aromatic rings. The van der Waals surface area contributed by atoms with Crippen molar-refractivity contribution in [2.24, 2.45) is 0 Å². The normalized spacial score (nSPS) is 34.2. The second kappa shape index (κ2) is 5.28. The van der Waals surface area contributed by atoms with E-state index in [2.05, 4.69) is 23.8 Å². The van der Waals surface area contributed by atoms with E-state index in [0.29, 0.717) is 11.8 Å². The summed E-state index contributed by atoms with van der Waals surface area (Å²) < 4.78 is 0. The van der Waals surface area contributed by atoms with Crippen molar-refractivity contribution in [1.29, 1.82) is 0 Å². The third-order valence-electron chi connectivity index (χ3n) is 4.24. The van der Waals surface area contributed by atoms with E-state index >= 15 is 0 Å². The topological polar surface area (TPSA) is 23.6 Å². The molecule has 0 amide bonds. The molecule has 1 saturated heterocycles. The molecule has 2 unspecified atom stereocenters. The third-order valence-corrected chi connectivity index (χ3v) is 4.24. The number of rotatable bonds is 2. The molecule has 0 N–H and O–H groups in total. The zero-order valence-corrected chi connectivity index (χ0v) is 10.6. The summed E-state index contributed by atoms with van der Waals surface area (Å²) in [6.07, 6.45) is 5.44. The van der Waals surface area contributed by atoms with Gasteiger partial charge in [0.1, 0.15) is 5.78 Å². The largest absolute Gasteiger partial charge is 0.301 e. The first-order valence-electron chi connectivity index (χ1n) is 6.69. The van der Waals surface area contributed by atoms with E-state index in [9.17, 15) is 4.79 Å². The van der Waals surface area contributed by atoms with Crippen LogP contribution in [0.15, 0.2) is 0 Å². The first kappa shape index (κ1) is 12.1. The number of hydrogen-bond donors (Lipinski definition) is 0. The molecular formula is C13H24N2O. The summed E-state index contributed by atoms with van der Waals surface area (Å²) in [5.74, 6) is 0.491. The van der Waals surface area contributed by atoms with Gasteiger partial charge in [0, 0.05) is 32.1 Å². The molecule has 0 bridgehead atoms. The number of likely N-dealkylation sites (N-methyl/N-ethyl adjacent to an activating group) is 1. The summed E-state index contributed by atoms with van der Waals surface area (Å²) in [5, 5.41) is 0. The van der Waals surface area contributed by atoms with E-state index in [-0.39, 0.29) is 6.04 Å². The fraction of sp³-hybridized carbons (Fsp3) is 0.923. The Labute approximate surface area is 98.8 Å². The van der Waals surface area contributed by atoms with Crippen LogP contribution in [-0.2, 0) is 4.79 Å². The average Bonchev–Trinajstić information content (AvgIpc) is 2.31. The maximum Gasteiger partial charge on any atom is 0.149 e. The summed E-state index contributed by atoms with van der Waals surface area (Å²) in [5.41, 5.74) is 0. The highest BCUT2D eigenvalue weighted by molar-refractivity contribution is 5.84. The van der Waals surface area contributed by atoms with Crippen LogP contribution in [0.1, 0.15) is 39.0 Å². The number of piperazine rings is 1. The average molecular weight is 224 g/mol. The highest BCUT2D eigenvalue weighted by Gasteiger charge is 2.32. The first-order chi connectivity index (χ1) is 7.72. The van der Waals surface area contributed by atoms with Gasteiger partial charge in [-0.15, -0.1) is 0 Å². The van der Waals surface area contributed by atoms with Gasteiger partial charge < -0.3 is 4.90 Å². The molecule has 1 aliphatic carbocycles. The maximum atomic E-state index is 11.9. The van der Waals surface area contributed by atoms with Gasteiger partial charge in [-0.2, -0.15) is 0 Å². The molecule has 0 radical (unpaired) electrons. The van der Waals surface area contributed by atoms with E-state index in [1.54, 1.807) is 0 Å². The zero-order chi connectivity index (χ0) is 11.5. The number of carbonyl (C=O) groups excluding carboxylic acids is 1. The Morgan fingerprint density at radius 1 is 1.31 bits per heavy atom. The van der Waals surface area contributed by atoms with Gasteiger partial charge in [0.2, 0.25) is 0 Å². The van der Waals surface area contributed by atoms with Crippen LogP contribution in [0.5, 0.6) is 0 Å². The van der Waals surface area contributed by atoms with Crippen LogP contribution in [0, 0.1) is 0 Å². The van der Waals surface area contributed by atoms with Crippen molar-refractivity contribution in [3.05, 3.63) is 0 Å². The third kappa shape index (κ3) is 2.46. The van der Waals surface area contributed by atoms with Crippen molar-refractivity contribution in [2.75, 3.05) is 26.7 Å². The van der Waals surface area contributed by atoms with Crippen LogP contribution >= 0.6 is 0 Å². The number of carbonyl (C=O) groups is 1. The lowest BCUT2D eigenvalue weighted by Gasteiger charge is -2.43. The zero-order valence-electron chi connectivity index (χ0n) is 10.6. The quantitative estimate of drug-likeness (QED) is 0.710. The predicted molar refractivity (Wildman–Crippen MR) is 65.5 cm³/mol. The molecule has 2 rings (SSSR count). The van der Waals surface area contributed by atoms with Crippen molar-refractivity contribution in [2.45, 2.75) is 51.1 Å². The molecule has 1 saturated carbocycles. The van der Waals surface area contributed by atoms with E-state index in [1.807, 2.05) is 0 Å². The van der Waals surface area contributed by atoms with Gasteiger partial charge in [-0.1, -0.05) is 13.3 Å². The molecule has 3 heteroatoms. The second-order valence-electron chi connectivity index (χ2n) is 5.27. The summed E-state index contributed by atoms with van der Waals surface area (Å²) >= 11 is 0.